The Morgan fingerprint density at radius 1 is 1.16 bits per heavy atom. The lowest BCUT2D eigenvalue weighted by molar-refractivity contribution is 0.276. The number of anilines is 1. The Balaban J connectivity index is 1.33. The molecule has 2 aromatic rings. The van der Waals surface area contributed by atoms with Crippen molar-refractivity contribution in [2.75, 3.05) is 31.1 Å². The molecule has 2 atom stereocenters. The van der Waals surface area contributed by atoms with Gasteiger partial charge < -0.3 is 15.0 Å². The van der Waals surface area contributed by atoms with Crippen LogP contribution in [0.3, 0.4) is 0 Å². The van der Waals surface area contributed by atoms with Crippen molar-refractivity contribution in [2.45, 2.75) is 31.7 Å². The number of ether oxygens (including phenoxy) is 1. The molecule has 0 saturated carbocycles. The molecule has 0 unspecified atom stereocenters. The smallest absolute Gasteiger partial charge is 0.139 e. The fourth-order valence-corrected chi connectivity index (χ4v) is 3.94. The molecule has 1 N–H and O–H groups in total. The van der Waals surface area contributed by atoms with Crippen molar-refractivity contribution in [3.05, 3.63) is 54.4 Å². The summed E-state index contributed by atoms with van der Waals surface area (Å²) < 4.78 is 5.96. The summed E-state index contributed by atoms with van der Waals surface area (Å²) in [5, 5.41) is 3.47. The Bertz CT molecular complexity index is 670. The molecule has 25 heavy (non-hydrogen) atoms. The number of nitrogens with one attached hydrogen (secondary N) is 1. The van der Waals surface area contributed by atoms with Crippen molar-refractivity contribution in [3.8, 4) is 5.75 Å². The number of aromatic nitrogens is 1. The number of rotatable bonds is 6. The van der Waals surface area contributed by atoms with Gasteiger partial charge in [0.15, 0.2) is 0 Å². The van der Waals surface area contributed by atoms with E-state index in [4.69, 9.17) is 4.74 Å². The molecular weight excluding hydrogens is 310 g/mol. The summed E-state index contributed by atoms with van der Waals surface area (Å²) in [6.07, 6.45) is 8.66. The zero-order valence-corrected chi connectivity index (χ0v) is 14.7. The molecule has 3 heterocycles. The minimum absolute atomic E-state index is 0.491. The lowest BCUT2D eigenvalue weighted by Gasteiger charge is -2.19. The Kier molecular flexibility index (Phi) is 5.17. The van der Waals surface area contributed by atoms with E-state index in [0.717, 1.165) is 44.3 Å². The van der Waals surface area contributed by atoms with Gasteiger partial charge in [0, 0.05) is 25.2 Å². The Morgan fingerprint density at radius 2 is 2.08 bits per heavy atom. The van der Waals surface area contributed by atoms with E-state index >= 15 is 0 Å². The van der Waals surface area contributed by atoms with Crippen LogP contribution in [-0.2, 0) is 6.42 Å². The second-order valence-corrected chi connectivity index (χ2v) is 7.27. The van der Waals surface area contributed by atoms with Gasteiger partial charge in [0.1, 0.15) is 12.4 Å². The molecule has 4 rings (SSSR count). The summed E-state index contributed by atoms with van der Waals surface area (Å²) in [5.74, 6) is 1.60. The van der Waals surface area contributed by atoms with Crippen molar-refractivity contribution in [3.63, 3.8) is 0 Å². The Hall–Kier alpha value is -2.07. The third-order valence-electron chi connectivity index (χ3n) is 5.33. The zero-order chi connectivity index (χ0) is 16.9. The van der Waals surface area contributed by atoms with Gasteiger partial charge in [-0.1, -0.05) is 30.3 Å². The predicted molar refractivity (Wildman–Crippen MR) is 101 cm³/mol. The van der Waals surface area contributed by atoms with Gasteiger partial charge in [-0.25, -0.2) is 0 Å². The van der Waals surface area contributed by atoms with Crippen LogP contribution in [0.5, 0.6) is 5.75 Å². The monoisotopic (exact) mass is 337 g/mol. The van der Waals surface area contributed by atoms with Gasteiger partial charge in [-0.2, -0.15) is 0 Å². The van der Waals surface area contributed by atoms with Gasteiger partial charge in [-0.3, -0.25) is 4.98 Å². The molecule has 1 aromatic carbocycles. The topological polar surface area (TPSA) is 37.4 Å². The number of pyridine rings is 1. The summed E-state index contributed by atoms with van der Waals surface area (Å²) in [4.78, 5) is 6.84. The van der Waals surface area contributed by atoms with Crippen molar-refractivity contribution in [1.82, 2.24) is 10.3 Å². The van der Waals surface area contributed by atoms with Crippen LogP contribution in [0.15, 0.2) is 48.8 Å². The first kappa shape index (κ1) is 16.4. The maximum atomic E-state index is 5.96. The van der Waals surface area contributed by atoms with Crippen LogP contribution >= 0.6 is 0 Å². The van der Waals surface area contributed by atoms with Crippen LogP contribution in [-0.4, -0.2) is 37.3 Å². The van der Waals surface area contributed by atoms with Crippen LogP contribution in [0.25, 0.3) is 0 Å². The number of benzene rings is 1. The molecule has 1 aromatic heterocycles. The summed E-state index contributed by atoms with van der Waals surface area (Å²) in [7, 11) is 0. The number of hydrogen-bond donors (Lipinski definition) is 1. The quantitative estimate of drug-likeness (QED) is 0.878. The molecule has 132 valence electrons. The fraction of sp³-hybridized carbons (Fsp3) is 0.476. The van der Waals surface area contributed by atoms with Crippen molar-refractivity contribution in [1.29, 1.82) is 0 Å². The molecule has 0 spiro atoms. The molecule has 0 bridgehead atoms. The van der Waals surface area contributed by atoms with Crippen LogP contribution in [0.2, 0.25) is 0 Å². The molecule has 4 heteroatoms. The van der Waals surface area contributed by atoms with E-state index in [1.54, 1.807) is 0 Å². The maximum Gasteiger partial charge on any atom is 0.139 e. The zero-order valence-electron chi connectivity index (χ0n) is 14.7. The standard InChI is InChI=1S/C21H27N3O/c1-2-5-17(6-3-1)11-18-8-10-24(15-18)20-12-21(14-22-13-20)25-16-19-7-4-9-23-19/h1-3,5-6,12-14,18-19,23H,4,7-11,15-16H2/t18-,19-/m0/s1. The van der Waals surface area contributed by atoms with Crippen molar-refractivity contribution < 1.29 is 4.74 Å². The largest absolute Gasteiger partial charge is 0.490 e. The van der Waals surface area contributed by atoms with Gasteiger partial charge in [0.25, 0.3) is 0 Å². The van der Waals surface area contributed by atoms with Crippen LogP contribution in [0, 0.1) is 5.92 Å². The van der Waals surface area contributed by atoms with E-state index in [1.165, 1.54) is 30.5 Å². The fourth-order valence-electron chi connectivity index (χ4n) is 3.94. The number of nitrogens with zero attached hydrogens (tertiary/aromatic N) is 2. The SMILES string of the molecule is c1ccc(C[C@@H]2CCN(c3cncc(OC[C@@H]4CCCN4)c3)C2)cc1. The van der Waals surface area contributed by atoms with E-state index < -0.39 is 0 Å². The summed E-state index contributed by atoms with van der Waals surface area (Å²) >= 11 is 0. The first-order valence-corrected chi connectivity index (χ1v) is 9.47. The molecule has 2 aliphatic heterocycles. The van der Waals surface area contributed by atoms with Crippen molar-refractivity contribution in [2.24, 2.45) is 5.92 Å². The van der Waals surface area contributed by atoms with Gasteiger partial charge in [0.05, 0.1) is 18.1 Å². The normalized spacial score (nSPS) is 23.1. The molecule has 0 radical (unpaired) electrons. The molecule has 4 nitrogen and oxygen atoms in total. The highest BCUT2D eigenvalue weighted by Crippen LogP contribution is 2.28. The average Bonchev–Trinajstić information content (AvgIpc) is 3.33. The molecule has 0 amide bonds. The Labute approximate surface area is 150 Å². The third-order valence-corrected chi connectivity index (χ3v) is 5.33. The minimum Gasteiger partial charge on any atom is -0.490 e. The average molecular weight is 337 g/mol. The molecular formula is C21H27N3O. The highest BCUT2D eigenvalue weighted by molar-refractivity contribution is 5.49. The van der Waals surface area contributed by atoms with Gasteiger partial charge in [-0.05, 0) is 43.7 Å². The first-order valence-electron chi connectivity index (χ1n) is 9.47. The van der Waals surface area contributed by atoms with E-state index in [2.05, 4.69) is 51.6 Å². The molecule has 2 saturated heterocycles. The third kappa shape index (κ3) is 4.31. The van der Waals surface area contributed by atoms with Gasteiger partial charge in [0.2, 0.25) is 0 Å². The second kappa shape index (κ2) is 7.87. The van der Waals surface area contributed by atoms with E-state index in [1.807, 2.05) is 12.4 Å². The van der Waals surface area contributed by atoms with E-state index in [-0.39, 0.29) is 0 Å². The minimum atomic E-state index is 0.491. The second-order valence-electron chi connectivity index (χ2n) is 7.27. The molecule has 0 aliphatic carbocycles. The molecule has 2 aliphatic rings. The maximum absolute atomic E-state index is 5.96. The first-order chi connectivity index (χ1) is 12.4. The lowest BCUT2D eigenvalue weighted by Crippen LogP contribution is -2.28. The summed E-state index contributed by atoms with van der Waals surface area (Å²) in [6, 6.07) is 13.4. The van der Waals surface area contributed by atoms with Crippen LogP contribution in [0.1, 0.15) is 24.8 Å². The van der Waals surface area contributed by atoms with Gasteiger partial charge >= 0.3 is 0 Å². The Morgan fingerprint density at radius 3 is 2.92 bits per heavy atom. The van der Waals surface area contributed by atoms with E-state index in [9.17, 15) is 0 Å². The van der Waals surface area contributed by atoms with Gasteiger partial charge in [-0.15, -0.1) is 0 Å². The summed E-state index contributed by atoms with van der Waals surface area (Å²) in [5.41, 5.74) is 2.63. The summed E-state index contributed by atoms with van der Waals surface area (Å²) in [6.45, 7) is 4.06. The van der Waals surface area contributed by atoms with E-state index in [0.29, 0.717) is 6.04 Å². The highest BCUT2D eigenvalue weighted by Gasteiger charge is 2.23. The number of hydrogen-bond acceptors (Lipinski definition) is 4. The van der Waals surface area contributed by atoms with Crippen LogP contribution < -0.4 is 15.0 Å². The molecule has 2 fully saturated rings. The predicted octanol–water partition coefficient (Wildman–Crippen LogP) is 3.28. The van der Waals surface area contributed by atoms with Crippen molar-refractivity contribution >= 4 is 5.69 Å². The lowest BCUT2D eigenvalue weighted by atomic mass is 9.99. The van der Waals surface area contributed by atoms with Crippen LogP contribution in [0.4, 0.5) is 5.69 Å². The highest BCUT2D eigenvalue weighted by atomic mass is 16.5.